The molecule has 8 heteroatoms. The number of nitrogens with one attached hydrogen (secondary N) is 1. The largest absolute Gasteiger partial charge is 0.375 e. The zero-order valence-electron chi connectivity index (χ0n) is 12.4. The highest BCUT2D eigenvalue weighted by Gasteiger charge is 2.24. The fourth-order valence-electron chi connectivity index (χ4n) is 2.73. The summed E-state index contributed by atoms with van der Waals surface area (Å²) in [4.78, 5) is 21.4. The van der Waals surface area contributed by atoms with Crippen LogP contribution in [0, 0.1) is 10.1 Å². The summed E-state index contributed by atoms with van der Waals surface area (Å²) in [7, 11) is 0. The third-order valence-corrected chi connectivity index (χ3v) is 4.01. The lowest BCUT2D eigenvalue weighted by Crippen LogP contribution is -2.43. The van der Waals surface area contributed by atoms with E-state index in [0.29, 0.717) is 23.2 Å². The number of benzene rings is 1. The number of hydrogen-bond acceptors (Lipinski definition) is 6. The van der Waals surface area contributed by atoms with E-state index >= 15 is 0 Å². The van der Waals surface area contributed by atoms with Crippen molar-refractivity contribution in [3.63, 3.8) is 0 Å². The Balaban J connectivity index is 1.74. The summed E-state index contributed by atoms with van der Waals surface area (Å²) in [6.45, 7) is 1.58. The molecule has 1 unspecified atom stereocenters. The van der Waals surface area contributed by atoms with Crippen LogP contribution in [-0.2, 0) is 0 Å². The van der Waals surface area contributed by atoms with Crippen molar-refractivity contribution < 1.29 is 4.92 Å². The predicted octanol–water partition coefficient (Wildman–Crippen LogP) is 3.12. The molecule has 0 saturated carbocycles. The van der Waals surface area contributed by atoms with Gasteiger partial charge in [0.25, 0.3) is 5.69 Å². The highest BCUT2D eigenvalue weighted by molar-refractivity contribution is 6.30. The summed E-state index contributed by atoms with van der Waals surface area (Å²) in [6, 6.07) is 6.54. The quantitative estimate of drug-likeness (QED) is 0.683. The van der Waals surface area contributed by atoms with Crippen LogP contribution in [0.15, 0.2) is 36.7 Å². The molecule has 1 aliphatic heterocycles. The van der Waals surface area contributed by atoms with Crippen molar-refractivity contribution in [3.8, 4) is 0 Å². The van der Waals surface area contributed by atoms with Crippen LogP contribution in [0.5, 0.6) is 0 Å². The van der Waals surface area contributed by atoms with Gasteiger partial charge in [0.2, 0.25) is 5.95 Å². The lowest BCUT2D eigenvalue weighted by atomic mass is 10.1. The van der Waals surface area contributed by atoms with Crippen molar-refractivity contribution in [2.24, 2.45) is 0 Å². The Bertz CT molecular complexity index is 698. The number of nitro groups is 1. The Morgan fingerprint density at radius 2 is 2.13 bits per heavy atom. The van der Waals surface area contributed by atoms with Crippen molar-refractivity contribution in [3.05, 3.63) is 51.8 Å². The lowest BCUT2D eigenvalue weighted by molar-refractivity contribution is -0.384. The van der Waals surface area contributed by atoms with E-state index in [-0.39, 0.29) is 11.7 Å². The second-order valence-corrected chi connectivity index (χ2v) is 5.83. The molecule has 0 amide bonds. The van der Waals surface area contributed by atoms with Gasteiger partial charge in [-0.1, -0.05) is 11.6 Å². The minimum Gasteiger partial charge on any atom is -0.375 e. The molecule has 120 valence electrons. The first-order valence-electron chi connectivity index (χ1n) is 7.36. The van der Waals surface area contributed by atoms with Gasteiger partial charge in [-0.15, -0.1) is 0 Å². The number of halogens is 1. The van der Waals surface area contributed by atoms with E-state index in [4.69, 9.17) is 11.6 Å². The maximum atomic E-state index is 11.2. The van der Waals surface area contributed by atoms with Gasteiger partial charge < -0.3 is 10.2 Å². The molecule has 0 spiro atoms. The normalized spacial score (nSPS) is 17.8. The molecule has 7 nitrogen and oxygen atoms in total. The molecule has 2 heterocycles. The van der Waals surface area contributed by atoms with Crippen molar-refractivity contribution in [2.75, 3.05) is 23.3 Å². The number of rotatable bonds is 4. The Morgan fingerprint density at radius 3 is 2.87 bits per heavy atom. The third kappa shape index (κ3) is 3.68. The first kappa shape index (κ1) is 15.5. The molecule has 1 aromatic heterocycles. The van der Waals surface area contributed by atoms with Crippen molar-refractivity contribution in [1.82, 2.24) is 9.97 Å². The highest BCUT2D eigenvalue weighted by Crippen LogP contribution is 2.29. The number of hydrogen-bond donors (Lipinski definition) is 1. The van der Waals surface area contributed by atoms with E-state index in [1.165, 1.54) is 6.07 Å². The molecule has 0 radical (unpaired) electrons. The number of piperidine rings is 1. The molecule has 0 aliphatic carbocycles. The Morgan fingerprint density at radius 1 is 1.35 bits per heavy atom. The zero-order valence-corrected chi connectivity index (χ0v) is 13.1. The van der Waals surface area contributed by atoms with Gasteiger partial charge in [-0.2, -0.15) is 0 Å². The van der Waals surface area contributed by atoms with Crippen LogP contribution in [0.25, 0.3) is 0 Å². The average molecular weight is 334 g/mol. The first-order valence-corrected chi connectivity index (χ1v) is 7.74. The van der Waals surface area contributed by atoms with E-state index < -0.39 is 4.92 Å². The van der Waals surface area contributed by atoms with Crippen LogP contribution in [0.3, 0.4) is 0 Å². The van der Waals surface area contributed by atoms with Crippen LogP contribution in [0.2, 0.25) is 5.02 Å². The summed E-state index contributed by atoms with van der Waals surface area (Å²) in [6.07, 6.45) is 5.33. The van der Waals surface area contributed by atoms with Crippen LogP contribution in [-0.4, -0.2) is 34.0 Å². The van der Waals surface area contributed by atoms with E-state index in [2.05, 4.69) is 20.2 Å². The SMILES string of the molecule is O=[N+]([O-])c1cc(Cl)ccc1NC1CCCN(c2ncccn2)C1. The molecule has 2 aromatic rings. The number of aromatic nitrogens is 2. The highest BCUT2D eigenvalue weighted by atomic mass is 35.5. The Hall–Kier alpha value is -2.41. The van der Waals surface area contributed by atoms with E-state index in [1.54, 1.807) is 30.6 Å². The van der Waals surface area contributed by atoms with Gasteiger partial charge >= 0.3 is 0 Å². The molecular formula is C15H16ClN5O2. The van der Waals surface area contributed by atoms with Crippen molar-refractivity contribution in [2.45, 2.75) is 18.9 Å². The topological polar surface area (TPSA) is 84.2 Å². The van der Waals surface area contributed by atoms with Gasteiger partial charge in [0, 0.05) is 42.6 Å². The summed E-state index contributed by atoms with van der Waals surface area (Å²) in [5.74, 6) is 0.685. The summed E-state index contributed by atoms with van der Waals surface area (Å²) in [5, 5.41) is 14.8. The fourth-order valence-corrected chi connectivity index (χ4v) is 2.90. The Labute approximate surface area is 138 Å². The molecule has 3 rings (SSSR count). The molecule has 1 atom stereocenters. The minimum atomic E-state index is -0.422. The van der Waals surface area contributed by atoms with Gasteiger partial charge in [-0.3, -0.25) is 10.1 Å². The lowest BCUT2D eigenvalue weighted by Gasteiger charge is -2.33. The zero-order chi connectivity index (χ0) is 16.2. The maximum absolute atomic E-state index is 11.2. The standard InChI is InChI=1S/C15H16ClN5O2/c16-11-4-5-13(14(9-11)21(22)23)19-12-3-1-8-20(10-12)15-17-6-2-7-18-15/h2,4-7,9,12,19H,1,3,8,10H2. The average Bonchev–Trinajstić information content (AvgIpc) is 2.57. The van der Waals surface area contributed by atoms with Gasteiger partial charge in [0.15, 0.2) is 0 Å². The van der Waals surface area contributed by atoms with Crippen LogP contribution in [0.1, 0.15) is 12.8 Å². The molecular weight excluding hydrogens is 318 g/mol. The molecule has 0 bridgehead atoms. The molecule has 23 heavy (non-hydrogen) atoms. The summed E-state index contributed by atoms with van der Waals surface area (Å²) < 4.78 is 0. The number of anilines is 2. The van der Waals surface area contributed by atoms with Gasteiger partial charge in [-0.25, -0.2) is 9.97 Å². The summed E-state index contributed by atoms with van der Waals surface area (Å²) in [5.41, 5.74) is 0.478. The molecule has 1 N–H and O–H groups in total. The molecule has 1 aromatic carbocycles. The van der Waals surface area contributed by atoms with Crippen LogP contribution >= 0.6 is 11.6 Å². The smallest absolute Gasteiger partial charge is 0.293 e. The minimum absolute atomic E-state index is 0.00872. The second kappa shape index (κ2) is 6.78. The monoisotopic (exact) mass is 333 g/mol. The van der Waals surface area contributed by atoms with Crippen LogP contribution < -0.4 is 10.2 Å². The van der Waals surface area contributed by atoms with Crippen LogP contribution in [0.4, 0.5) is 17.3 Å². The van der Waals surface area contributed by atoms with Crippen molar-refractivity contribution >= 4 is 28.9 Å². The molecule has 1 aliphatic rings. The van der Waals surface area contributed by atoms with Gasteiger partial charge in [0.1, 0.15) is 5.69 Å². The fraction of sp³-hybridized carbons (Fsp3) is 0.333. The third-order valence-electron chi connectivity index (χ3n) is 3.77. The number of nitro benzene ring substituents is 1. The Kier molecular flexibility index (Phi) is 4.57. The van der Waals surface area contributed by atoms with Gasteiger partial charge in [0.05, 0.1) is 4.92 Å². The molecule has 1 fully saturated rings. The summed E-state index contributed by atoms with van der Waals surface area (Å²) >= 11 is 5.85. The maximum Gasteiger partial charge on any atom is 0.293 e. The van der Waals surface area contributed by atoms with Gasteiger partial charge in [-0.05, 0) is 31.0 Å². The molecule has 1 saturated heterocycles. The van der Waals surface area contributed by atoms with E-state index in [0.717, 1.165) is 19.4 Å². The second-order valence-electron chi connectivity index (χ2n) is 5.40. The predicted molar refractivity (Wildman–Crippen MR) is 89.0 cm³/mol. The number of nitrogens with zero attached hydrogens (tertiary/aromatic N) is 4. The first-order chi connectivity index (χ1) is 11.1. The van der Waals surface area contributed by atoms with Crippen molar-refractivity contribution in [1.29, 1.82) is 0 Å². The van der Waals surface area contributed by atoms with E-state index in [1.807, 2.05) is 0 Å². The van der Waals surface area contributed by atoms with E-state index in [9.17, 15) is 10.1 Å².